The van der Waals surface area contributed by atoms with Gasteiger partial charge in [-0.3, -0.25) is 0 Å². The summed E-state index contributed by atoms with van der Waals surface area (Å²) < 4.78 is 28.1. The summed E-state index contributed by atoms with van der Waals surface area (Å²) in [6, 6.07) is 7.49. The van der Waals surface area contributed by atoms with Gasteiger partial charge in [-0.25, -0.2) is 13.2 Å². The quantitative estimate of drug-likeness (QED) is 0.878. The third-order valence-corrected chi connectivity index (χ3v) is 5.48. The summed E-state index contributed by atoms with van der Waals surface area (Å²) in [5, 5.41) is 2.40. The van der Waals surface area contributed by atoms with E-state index in [-0.39, 0.29) is 12.6 Å². The van der Waals surface area contributed by atoms with Crippen LogP contribution in [0.4, 0.5) is 4.79 Å². The van der Waals surface area contributed by atoms with Gasteiger partial charge in [0.2, 0.25) is 0 Å². The van der Waals surface area contributed by atoms with Crippen molar-refractivity contribution in [1.82, 2.24) is 10.2 Å². The molecule has 0 aliphatic carbocycles. The first kappa shape index (κ1) is 16.6. The fraction of sp³-hybridized carbons (Fsp3) is 0.533. The van der Waals surface area contributed by atoms with Crippen molar-refractivity contribution in [2.75, 3.05) is 33.0 Å². The van der Waals surface area contributed by atoms with Gasteiger partial charge in [0.25, 0.3) is 0 Å². The molecule has 7 heteroatoms. The third-order valence-electron chi connectivity index (χ3n) is 3.89. The number of sulfone groups is 1. The number of nitrogens with one attached hydrogen (secondary N) is 1. The minimum absolute atomic E-state index is 0.195. The monoisotopic (exact) mass is 326 g/mol. The Balaban J connectivity index is 1.76. The van der Waals surface area contributed by atoms with E-state index in [0.717, 1.165) is 17.7 Å². The minimum Gasteiger partial charge on any atom is -0.497 e. The van der Waals surface area contributed by atoms with Crippen molar-refractivity contribution in [2.45, 2.75) is 18.1 Å². The third kappa shape index (κ3) is 4.37. The molecule has 1 saturated heterocycles. The Morgan fingerprint density at radius 1 is 1.36 bits per heavy atom. The number of carbonyl (C=O) groups is 1. The van der Waals surface area contributed by atoms with E-state index in [9.17, 15) is 13.2 Å². The summed E-state index contributed by atoms with van der Waals surface area (Å²) in [4.78, 5) is 13.6. The zero-order valence-electron chi connectivity index (χ0n) is 12.9. The van der Waals surface area contributed by atoms with Crippen molar-refractivity contribution in [1.29, 1.82) is 0 Å². The number of likely N-dealkylation sites (tertiary alicyclic amines) is 1. The first-order valence-electron chi connectivity index (χ1n) is 7.24. The largest absolute Gasteiger partial charge is 0.497 e. The van der Waals surface area contributed by atoms with Crippen molar-refractivity contribution < 1.29 is 17.9 Å². The molecule has 1 fully saturated rings. The summed E-state index contributed by atoms with van der Waals surface area (Å²) in [6.07, 6.45) is 2.46. The summed E-state index contributed by atoms with van der Waals surface area (Å²) in [7, 11) is -1.45. The van der Waals surface area contributed by atoms with Gasteiger partial charge in [-0.1, -0.05) is 12.1 Å². The maximum absolute atomic E-state index is 12.0. The van der Waals surface area contributed by atoms with Gasteiger partial charge >= 0.3 is 6.03 Å². The molecule has 6 nitrogen and oxygen atoms in total. The molecule has 1 N–H and O–H groups in total. The molecule has 0 radical (unpaired) electrons. The molecule has 0 spiro atoms. The van der Waals surface area contributed by atoms with Gasteiger partial charge in [-0.2, -0.15) is 0 Å². The molecule has 22 heavy (non-hydrogen) atoms. The van der Waals surface area contributed by atoms with Crippen LogP contribution >= 0.6 is 0 Å². The Kier molecular flexibility index (Phi) is 5.28. The standard InChI is InChI=1S/C15H22N2O4S/c1-21-13-5-3-12(4-6-13)7-9-16-15(18)17-10-8-14(11-17)22(2,19)20/h3-6,14H,7-11H2,1-2H3,(H,16,18). The average molecular weight is 326 g/mol. The molecule has 2 rings (SSSR count). The predicted molar refractivity (Wildman–Crippen MR) is 84.9 cm³/mol. The van der Waals surface area contributed by atoms with E-state index in [1.807, 2.05) is 24.3 Å². The zero-order valence-corrected chi connectivity index (χ0v) is 13.7. The lowest BCUT2D eigenvalue weighted by Gasteiger charge is -2.17. The first-order valence-corrected chi connectivity index (χ1v) is 9.20. The molecule has 1 atom stereocenters. The van der Waals surface area contributed by atoms with Crippen molar-refractivity contribution in [3.8, 4) is 5.75 Å². The number of methoxy groups -OCH3 is 1. The van der Waals surface area contributed by atoms with Crippen molar-refractivity contribution in [3.05, 3.63) is 29.8 Å². The minimum atomic E-state index is -3.07. The summed E-state index contributed by atoms with van der Waals surface area (Å²) in [5.74, 6) is 0.802. The van der Waals surface area contributed by atoms with Crippen LogP contribution < -0.4 is 10.1 Å². The lowest BCUT2D eigenvalue weighted by molar-refractivity contribution is 0.209. The number of hydrogen-bond acceptors (Lipinski definition) is 4. The van der Waals surface area contributed by atoms with E-state index in [1.165, 1.54) is 6.26 Å². The highest BCUT2D eigenvalue weighted by Crippen LogP contribution is 2.16. The number of rotatable bonds is 5. The molecule has 0 saturated carbocycles. The number of amides is 2. The van der Waals surface area contributed by atoms with Crippen LogP contribution in [0.2, 0.25) is 0 Å². The molecular formula is C15H22N2O4S. The van der Waals surface area contributed by atoms with E-state index in [1.54, 1.807) is 12.0 Å². The zero-order chi connectivity index (χ0) is 16.2. The molecule has 0 aromatic heterocycles. The molecule has 122 valence electrons. The Bertz CT molecular complexity index is 613. The summed E-state index contributed by atoms with van der Waals surface area (Å²) in [6.45, 7) is 1.30. The average Bonchev–Trinajstić information content (AvgIpc) is 2.98. The Morgan fingerprint density at radius 3 is 2.59 bits per heavy atom. The van der Waals surface area contributed by atoms with Gasteiger partial charge in [0.05, 0.1) is 12.4 Å². The van der Waals surface area contributed by atoms with Gasteiger partial charge in [0.15, 0.2) is 9.84 Å². The van der Waals surface area contributed by atoms with Crippen LogP contribution in [0.5, 0.6) is 5.75 Å². The first-order chi connectivity index (χ1) is 10.4. The number of nitrogens with zero attached hydrogens (tertiary/aromatic N) is 1. The molecule has 1 unspecified atom stereocenters. The fourth-order valence-electron chi connectivity index (χ4n) is 2.48. The Morgan fingerprint density at radius 2 is 2.05 bits per heavy atom. The number of carbonyl (C=O) groups excluding carboxylic acids is 1. The van der Waals surface area contributed by atoms with Crippen LogP contribution in [0.1, 0.15) is 12.0 Å². The smallest absolute Gasteiger partial charge is 0.317 e. The lowest BCUT2D eigenvalue weighted by atomic mass is 10.1. The number of ether oxygens (including phenoxy) is 1. The van der Waals surface area contributed by atoms with Gasteiger partial charge in [0, 0.05) is 25.9 Å². The second-order valence-corrected chi connectivity index (χ2v) is 7.84. The summed E-state index contributed by atoms with van der Waals surface area (Å²) >= 11 is 0. The van der Waals surface area contributed by atoms with Gasteiger partial charge in [-0.15, -0.1) is 0 Å². The second-order valence-electron chi connectivity index (χ2n) is 5.52. The Hall–Kier alpha value is -1.76. The maximum Gasteiger partial charge on any atom is 0.317 e. The molecule has 1 heterocycles. The Labute approximate surface area is 131 Å². The number of benzene rings is 1. The number of hydrogen-bond donors (Lipinski definition) is 1. The molecular weight excluding hydrogens is 304 g/mol. The highest BCUT2D eigenvalue weighted by molar-refractivity contribution is 7.91. The van der Waals surface area contributed by atoms with E-state index in [2.05, 4.69) is 5.32 Å². The normalized spacial score (nSPS) is 18.3. The van der Waals surface area contributed by atoms with E-state index < -0.39 is 15.1 Å². The van der Waals surface area contributed by atoms with Gasteiger partial charge in [0.1, 0.15) is 5.75 Å². The molecule has 1 aromatic carbocycles. The maximum atomic E-state index is 12.0. The predicted octanol–water partition coefficient (Wildman–Crippen LogP) is 1.07. The molecule has 2 amide bonds. The molecule has 1 aliphatic rings. The van der Waals surface area contributed by atoms with Crippen LogP contribution in [0.3, 0.4) is 0 Å². The lowest BCUT2D eigenvalue weighted by Crippen LogP contribution is -2.40. The van der Waals surface area contributed by atoms with Crippen molar-refractivity contribution in [3.63, 3.8) is 0 Å². The molecule has 0 bridgehead atoms. The number of urea groups is 1. The van der Waals surface area contributed by atoms with Gasteiger partial charge in [-0.05, 0) is 30.5 Å². The van der Waals surface area contributed by atoms with E-state index in [0.29, 0.717) is 19.5 Å². The highest BCUT2D eigenvalue weighted by atomic mass is 32.2. The SMILES string of the molecule is COc1ccc(CCNC(=O)N2CCC(S(C)(=O)=O)C2)cc1. The summed E-state index contributed by atoms with van der Waals surface area (Å²) in [5.41, 5.74) is 1.11. The van der Waals surface area contributed by atoms with Crippen LogP contribution in [0.15, 0.2) is 24.3 Å². The van der Waals surface area contributed by atoms with Crippen LogP contribution in [0, 0.1) is 0 Å². The van der Waals surface area contributed by atoms with Crippen molar-refractivity contribution in [2.24, 2.45) is 0 Å². The second kappa shape index (κ2) is 7.00. The molecule has 1 aliphatic heterocycles. The van der Waals surface area contributed by atoms with Gasteiger partial charge < -0.3 is 15.0 Å². The van der Waals surface area contributed by atoms with Crippen molar-refractivity contribution >= 4 is 15.9 Å². The van der Waals surface area contributed by atoms with E-state index >= 15 is 0 Å². The highest BCUT2D eigenvalue weighted by Gasteiger charge is 2.32. The molecule has 1 aromatic rings. The van der Waals surface area contributed by atoms with Crippen LogP contribution in [0.25, 0.3) is 0 Å². The van der Waals surface area contributed by atoms with E-state index in [4.69, 9.17) is 4.74 Å². The topological polar surface area (TPSA) is 75.7 Å². The van der Waals surface area contributed by atoms with Crippen LogP contribution in [-0.4, -0.2) is 57.6 Å². The van der Waals surface area contributed by atoms with Crippen LogP contribution in [-0.2, 0) is 16.3 Å². The fourth-order valence-corrected chi connectivity index (χ4v) is 3.46.